The number of amides is 2. The molecule has 2 N–H and O–H groups in total. The third-order valence-electron chi connectivity index (χ3n) is 3.94. The minimum atomic E-state index is -0.342. The Morgan fingerprint density at radius 1 is 1.29 bits per heavy atom. The Labute approximate surface area is 171 Å². The van der Waals surface area contributed by atoms with Gasteiger partial charge in [0.1, 0.15) is 5.75 Å². The average molecular weight is 419 g/mol. The van der Waals surface area contributed by atoms with Crippen LogP contribution in [0.25, 0.3) is 11.0 Å². The summed E-state index contributed by atoms with van der Waals surface area (Å²) in [6.07, 6.45) is 0. The molecule has 0 spiro atoms. The Morgan fingerprint density at radius 2 is 2.07 bits per heavy atom. The summed E-state index contributed by atoms with van der Waals surface area (Å²) in [6, 6.07) is 12.6. The van der Waals surface area contributed by atoms with Gasteiger partial charge in [0.15, 0.2) is 5.16 Å². The number of halogens is 1. The van der Waals surface area contributed by atoms with Crippen LogP contribution < -0.4 is 10.1 Å². The number of para-hydroxylation sites is 2. The maximum absolute atomic E-state index is 12.3. The number of hydrogen-bond acceptors (Lipinski definition) is 5. The van der Waals surface area contributed by atoms with Crippen molar-refractivity contribution in [3.05, 3.63) is 47.5 Å². The van der Waals surface area contributed by atoms with E-state index in [1.54, 1.807) is 25.2 Å². The van der Waals surface area contributed by atoms with E-state index >= 15 is 0 Å². The lowest BCUT2D eigenvalue weighted by atomic mass is 10.3. The molecule has 0 bridgehead atoms. The molecule has 0 saturated carbocycles. The Morgan fingerprint density at radius 3 is 2.82 bits per heavy atom. The van der Waals surface area contributed by atoms with Gasteiger partial charge in [0.2, 0.25) is 11.8 Å². The number of H-pyrrole nitrogens is 1. The van der Waals surface area contributed by atoms with Gasteiger partial charge < -0.3 is 19.9 Å². The fourth-order valence-corrected chi connectivity index (χ4v) is 3.51. The number of aromatic nitrogens is 2. The van der Waals surface area contributed by atoms with Gasteiger partial charge in [0.05, 0.1) is 36.1 Å². The molecule has 3 rings (SSSR count). The number of nitrogens with one attached hydrogen (secondary N) is 2. The van der Waals surface area contributed by atoms with Gasteiger partial charge in [-0.25, -0.2) is 4.98 Å². The van der Waals surface area contributed by atoms with Crippen LogP contribution in [0.1, 0.15) is 0 Å². The molecular formula is C19H19ClN4O3S. The molecule has 0 saturated heterocycles. The van der Waals surface area contributed by atoms with Crippen LogP contribution in [-0.4, -0.2) is 53.1 Å². The van der Waals surface area contributed by atoms with E-state index in [1.165, 1.54) is 23.8 Å². The molecule has 0 aliphatic heterocycles. The van der Waals surface area contributed by atoms with Crippen LogP contribution in [0.3, 0.4) is 0 Å². The maximum atomic E-state index is 12.3. The summed E-state index contributed by atoms with van der Waals surface area (Å²) in [4.78, 5) is 33.5. The van der Waals surface area contributed by atoms with Crippen LogP contribution in [0.2, 0.25) is 5.02 Å². The first kappa shape index (κ1) is 20.0. The standard InChI is InChI=1S/C19H19ClN4O3S/c1-24(10-17(25)21-15-9-12(20)7-8-16(15)27-2)18(26)11-28-19-22-13-5-3-4-6-14(13)23-19/h3-9H,10-11H2,1-2H3,(H,21,25)(H,22,23). The molecular weight excluding hydrogens is 400 g/mol. The van der Waals surface area contributed by atoms with Gasteiger partial charge in [-0.1, -0.05) is 35.5 Å². The summed E-state index contributed by atoms with van der Waals surface area (Å²) >= 11 is 7.25. The van der Waals surface area contributed by atoms with Crippen molar-refractivity contribution < 1.29 is 14.3 Å². The minimum absolute atomic E-state index is 0.0881. The van der Waals surface area contributed by atoms with Gasteiger partial charge in [0, 0.05) is 12.1 Å². The van der Waals surface area contributed by atoms with Crippen LogP contribution in [0, 0.1) is 0 Å². The molecule has 0 fully saturated rings. The topological polar surface area (TPSA) is 87.3 Å². The summed E-state index contributed by atoms with van der Waals surface area (Å²) in [5.41, 5.74) is 2.22. The van der Waals surface area contributed by atoms with Crippen molar-refractivity contribution in [3.8, 4) is 5.75 Å². The van der Waals surface area contributed by atoms with E-state index < -0.39 is 0 Å². The third-order valence-corrected chi connectivity index (χ3v) is 5.04. The number of anilines is 1. The van der Waals surface area contributed by atoms with Crippen LogP contribution in [-0.2, 0) is 9.59 Å². The molecule has 0 aliphatic carbocycles. The second kappa shape index (κ2) is 8.99. The van der Waals surface area contributed by atoms with Crippen LogP contribution in [0.4, 0.5) is 5.69 Å². The lowest BCUT2D eigenvalue weighted by molar-refractivity contribution is -0.131. The highest BCUT2D eigenvalue weighted by Crippen LogP contribution is 2.27. The molecule has 0 radical (unpaired) electrons. The van der Waals surface area contributed by atoms with Crippen molar-refractivity contribution in [2.24, 2.45) is 0 Å². The summed E-state index contributed by atoms with van der Waals surface area (Å²) in [5, 5.41) is 3.85. The van der Waals surface area contributed by atoms with Gasteiger partial charge >= 0.3 is 0 Å². The summed E-state index contributed by atoms with van der Waals surface area (Å²) in [5.74, 6) is 0.139. The number of rotatable bonds is 7. The second-order valence-electron chi connectivity index (χ2n) is 5.99. The Kier molecular flexibility index (Phi) is 6.43. The molecule has 28 heavy (non-hydrogen) atoms. The van der Waals surface area contributed by atoms with Crippen LogP contribution in [0.15, 0.2) is 47.6 Å². The monoisotopic (exact) mass is 418 g/mol. The van der Waals surface area contributed by atoms with Crippen molar-refractivity contribution in [1.29, 1.82) is 0 Å². The molecule has 7 nitrogen and oxygen atoms in total. The number of carbonyl (C=O) groups excluding carboxylic acids is 2. The quantitative estimate of drug-likeness (QED) is 0.574. The van der Waals surface area contributed by atoms with E-state index in [9.17, 15) is 9.59 Å². The van der Waals surface area contributed by atoms with Crippen molar-refractivity contribution in [1.82, 2.24) is 14.9 Å². The second-order valence-corrected chi connectivity index (χ2v) is 7.39. The van der Waals surface area contributed by atoms with Crippen molar-refractivity contribution in [3.63, 3.8) is 0 Å². The minimum Gasteiger partial charge on any atom is -0.495 e. The van der Waals surface area contributed by atoms with Gasteiger partial charge in [-0.15, -0.1) is 0 Å². The summed E-state index contributed by atoms with van der Waals surface area (Å²) < 4.78 is 5.20. The number of aromatic amines is 1. The van der Waals surface area contributed by atoms with Crippen LogP contribution in [0.5, 0.6) is 5.75 Å². The number of thioether (sulfide) groups is 1. The number of fused-ring (bicyclic) bond motifs is 1. The third kappa shape index (κ3) is 4.96. The zero-order chi connectivity index (χ0) is 20.1. The van der Waals surface area contributed by atoms with Gasteiger partial charge in [0.25, 0.3) is 0 Å². The number of imidazole rings is 1. The van der Waals surface area contributed by atoms with Crippen molar-refractivity contribution in [2.45, 2.75) is 5.16 Å². The van der Waals surface area contributed by atoms with Gasteiger partial charge in [-0.2, -0.15) is 0 Å². The number of hydrogen-bond donors (Lipinski definition) is 2. The Bertz CT molecular complexity index is 975. The fraction of sp³-hybridized carbons (Fsp3) is 0.211. The fourth-order valence-electron chi connectivity index (χ4n) is 2.51. The highest BCUT2D eigenvalue weighted by molar-refractivity contribution is 7.99. The summed E-state index contributed by atoms with van der Waals surface area (Å²) in [6.45, 7) is -0.0881. The first-order valence-electron chi connectivity index (χ1n) is 8.41. The average Bonchev–Trinajstić information content (AvgIpc) is 3.09. The molecule has 0 atom stereocenters. The predicted molar refractivity (Wildman–Crippen MR) is 111 cm³/mol. The summed E-state index contributed by atoms with van der Waals surface area (Å²) in [7, 11) is 3.08. The molecule has 2 amide bonds. The van der Waals surface area contributed by atoms with Crippen molar-refractivity contribution >= 4 is 51.9 Å². The molecule has 9 heteroatoms. The largest absolute Gasteiger partial charge is 0.495 e. The number of ether oxygens (including phenoxy) is 1. The van der Waals surface area contributed by atoms with E-state index in [1.807, 2.05) is 24.3 Å². The SMILES string of the molecule is COc1ccc(Cl)cc1NC(=O)CN(C)C(=O)CSc1nc2ccccc2[nH]1. The number of carbonyl (C=O) groups is 2. The molecule has 1 heterocycles. The van der Waals surface area contributed by atoms with E-state index in [-0.39, 0.29) is 24.1 Å². The Hall–Kier alpha value is -2.71. The maximum Gasteiger partial charge on any atom is 0.244 e. The van der Waals surface area contributed by atoms with Gasteiger partial charge in [-0.3, -0.25) is 9.59 Å². The Balaban J connectivity index is 1.53. The molecule has 2 aromatic carbocycles. The highest BCUT2D eigenvalue weighted by Gasteiger charge is 2.16. The van der Waals surface area contributed by atoms with E-state index in [0.717, 1.165) is 11.0 Å². The molecule has 0 unspecified atom stereocenters. The normalized spacial score (nSPS) is 10.7. The molecule has 146 valence electrons. The van der Waals surface area contributed by atoms with Crippen molar-refractivity contribution in [2.75, 3.05) is 31.8 Å². The molecule has 0 aliphatic rings. The number of methoxy groups -OCH3 is 1. The van der Waals surface area contributed by atoms with E-state index in [0.29, 0.717) is 21.6 Å². The zero-order valence-corrected chi connectivity index (χ0v) is 16.9. The van der Waals surface area contributed by atoms with Crippen LogP contribution >= 0.6 is 23.4 Å². The predicted octanol–water partition coefficient (Wildman–Crippen LogP) is 3.41. The van der Waals surface area contributed by atoms with E-state index in [4.69, 9.17) is 16.3 Å². The highest BCUT2D eigenvalue weighted by atomic mass is 35.5. The molecule has 1 aromatic heterocycles. The zero-order valence-electron chi connectivity index (χ0n) is 15.4. The smallest absolute Gasteiger partial charge is 0.244 e. The first-order chi connectivity index (χ1) is 13.5. The molecule has 3 aromatic rings. The van der Waals surface area contributed by atoms with Gasteiger partial charge in [-0.05, 0) is 30.3 Å². The number of likely N-dealkylation sites (N-methyl/N-ethyl adjacent to an activating group) is 1. The lowest BCUT2D eigenvalue weighted by Crippen LogP contribution is -2.36. The van der Waals surface area contributed by atoms with E-state index in [2.05, 4.69) is 15.3 Å². The number of nitrogens with zero attached hydrogens (tertiary/aromatic N) is 2. The number of benzene rings is 2. The lowest BCUT2D eigenvalue weighted by Gasteiger charge is -2.17. The first-order valence-corrected chi connectivity index (χ1v) is 9.77.